The number of carbonyl (C=O) groups is 2. The molecule has 1 aliphatic heterocycles. The Hall–Kier alpha value is -1.63. The molecule has 1 amide bonds. The van der Waals surface area contributed by atoms with E-state index in [0.29, 0.717) is 30.5 Å². The molecule has 1 atom stereocenters. The van der Waals surface area contributed by atoms with Gasteiger partial charge in [-0.3, -0.25) is 9.59 Å². The molecular weight excluding hydrogens is 268 g/mol. The molecule has 2 rings (SSSR count). The Morgan fingerprint density at radius 2 is 2.32 bits per heavy atom. The lowest BCUT2D eigenvalue weighted by atomic mass is 10.2. The Labute approximate surface area is 111 Å². The van der Waals surface area contributed by atoms with Crippen molar-refractivity contribution >= 4 is 22.0 Å². The third kappa shape index (κ3) is 2.86. The van der Waals surface area contributed by atoms with Gasteiger partial charge in [-0.25, -0.2) is 8.42 Å². The van der Waals surface area contributed by atoms with Gasteiger partial charge in [0.25, 0.3) is 5.91 Å². The molecule has 0 bridgehead atoms. The van der Waals surface area contributed by atoms with Gasteiger partial charge in [-0.2, -0.15) is 0 Å². The van der Waals surface area contributed by atoms with Crippen LogP contribution in [0.4, 0.5) is 0 Å². The van der Waals surface area contributed by atoms with Crippen LogP contribution in [-0.2, 0) is 9.84 Å². The fraction of sp³-hybridized carbons (Fsp3) is 0.500. The quantitative estimate of drug-likeness (QED) is 0.814. The number of hydrogen-bond donors (Lipinski definition) is 1. The zero-order valence-electron chi connectivity index (χ0n) is 10.6. The van der Waals surface area contributed by atoms with Crippen LogP contribution in [-0.4, -0.2) is 54.6 Å². The monoisotopic (exact) mass is 284 g/mol. The van der Waals surface area contributed by atoms with Crippen LogP contribution in [0.3, 0.4) is 0 Å². The molecule has 19 heavy (non-hydrogen) atoms. The number of aromatic nitrogens is 1. The van der Waals surface area contributed by atoms with Crippen molar-refractivity contribution < 1.29 is 18.0 Å². The number of aromatic amines is 1. The number of rotatable bonds is 4. The van der Waals surface area contributed by atoms with Crippen molar-refractivity contribution in [3.63, 3.8) is 0 Å². The third-order valence-electron chi connectivity index (χ3n) is 3.32. The van der Waals surface area contributed by atoms with Crippen LogP contribution in [0.2, 0.25) is 0 Å². The van der Waals surface area contributed by atoms with Gasteiger partial charge in [0.2, 0.25) is 0 Å². The number of amides is 1. The second-order valence-corrected chi connectivity index (χ2v) is 6.84. The molecule has 1 fully saturated rings. The Kier molecular flexibility index (Phi) is 3.75. The Balaban J connectivity index is 2.18. The van der Waals surface area contributed by atoms with Gasteiger partial charge in [0, 0.05) is 24.3 Å². The molecule has 1 N–H and O–H groups in total. The number of H-pyrrole nitrogens is 1. The standard InChI is InChI=1S/C12H16N2O4S/c1-2-14(10-3-4-19(17,18)8-10)12(16)11-5-9(7-15)6-13-11/h5-7,10,13H,2-4,8H2,1H3. The first-order chi connectivity index (χ1) is 8.96. The summed E-state index contributed by atoms with van der Waals surface area (Å²) in [6, 6.07) is 1.20. The first-order valence-electron chi connectivity index (χ1n) is 6.12. The molecule has 104 valence electrons. The van der Waals surface area contributed by atoms with E-state index in [-0.39, 0.29) is 23.5 Å². The first-order valence-corrected chi connectivity index (χ1v) is 7.94. The van der Waals surface area contributed by atoms with Crippen molar-refractivity contribution in [1.29, 1.82) is 0 Å². The number of carbonyl (C=O) groups excluding carboxylic acids is 2. The minimum Gasteiger partial charge on any atom is -0.356 e. The lowest BCUT2D eigenvalue weighted by Crippen LogP contribution is -2.41. The number of nitrogens with zero attached hydrogens (tertiary/aromatic N) is 1. The van der Waals surface area contributed by atoms with Crippen LogP contribution < -0.4 is 0 Å². The van der Waals surface area contributed by atoms with Gasteiger partial charge in [-0.15, -0.1) is 0 Å². The van der Waals surface area contributed by atoms with E-state index in [0.717, 1.165) is 0 Å². The van der Waals surface area contributed by atoms with E-state index in [1.165, 1.54) is 12.3 Å². The van der Waals surface area contributed by atoms with Gasteiger partial charge >= 0.3 is 0 Å². The highest BCUT2D eigenvalue weighted by Crippen LogP contribution is 2.19. The van der Waals surface area contributed by atoms with E-state index in [4.69, 9.17) is 0 Å². The lowest BCUT2D eigenvalue weighted by Gasteiger charge is -2.26. The van der Waals surface area contributed by atoms with E-state index in [1.807, 2.05) is 6.92 Å². The molecule has 7 heteroatoms. The molecule has 2 heterocycles. The fourth-order valence-electron chi connectivity index (χ4n) is 2.35. The minimum atomic E-state index is -3.03. The molecule has 1 aromatic heterocycles. The van der Waals surface area contributed by atoms with Crippen LogP contribution in [0.1, 0.15) is 34.2 Å². The lowest BCUT2D eigenvalue weighted by molar-refractivity contribution is 0.0703. The minimum absolute atomic E-state index is 0.0217. The van der Waals surface area contributed by atoms with Crippen molar-refractivity contribution in [2.75, 3.05) is 18.1 Å². The highest BCUT2D eigenvalue weighted by Gasteiger charge is 2.34. The third-order valence-corrected chi connectivity index (χ3v) is 5.07. The molecule has 1 unspecified atom stereocenters. The topological polar surface area (TPSA) is 87.3 Å². The molecule has 1 aromatic rings. The molecule has 6 nitrogen and oxygen atoms in total. The largest absolute Gasteiger partial charge is 0.356 e. The van der Waals surface area contributed by atoms with E-state index in [1.54, 1.807) is 4.90 Å². The summed E-state index contributed by atoms with van der Waals surface area (Å²) >= 11 is 0. The predicted molar refractivity (Wildman–Crippen MR) is 69.9 cm³/mol. The smallest absolute Gasteiger partial charge is 0.270 e. The first kappa shape index (κ1) is 13.8. The highest BCUT2D eigenvalue weighted by molar-refractivity contribution is 7.91. The average Bonchev–Trinajstić information content (AvgIpc) is 2.96. The highest BCUT2D eigenvalue weighted by atomic mass is 32.2. The summed E-state index contributed by atoms with van der Waals surface area (Å²) in [5.74, 6) is -0.114. The van der Waals surface area contributed by atoms with Crippen LogP contribution in [0.15, 0.2) is 12.3 Å². The number of hydrogen-bond acceptors (Lipinski definition) is 4. The van der Waals surface area contributed by atoms with Crippen LogP contribution >= 0.6 is 0 Å². The van der Waals surface area contributed by atoms with Crippen molar-refractivity contribution in [3.05, 3.63) is 23.5 Å². The second-order valence-electron chi connectivity index (χ2n) is 4.61. The number of sulfone groups is 1. The summed E-state index contributed by atoms with van der Waals surface area (Å²) in [5, 5.41) is 0. The summed E-state index contributed by atoms with van der Waals surface area (Å²) in [5.41, 5.74) is 0.715. The number of nitrogens with one attached hydrogen (secondary N) is 1. The SMILES string of the molecule is CCN(C(=O)c1cc(C=O)c[nH]1)C1CCS(=O)(=O)C1. The predicted octanol–water partition coefficient (Wildman–Crippen LogP) is 0.476. The Morgan fingerprint density at radius 3 is 2.79 bits per heavy atom. The van der Waals surface area contributed by atoms with Crippen LogP contribution in [0.5, 0.6) is 0 Å². The maximum absolute atomic E-state index is 12.3. The van der Waals surface area contributed by atoms with E-state index < -0.39 is 9.84 Å². The van der Waals surface area contributed by atoms with Gasteiger partial charge in [0.1, 0.15) is 5.69 Å². The number of aldehydes is 1. The zero-order valence-corrected chi connectivity index (χ0v) is 11.4. The van der Waals surface area contributed by atoms with Crippen molar-refractivity contribution in [3.8, 4) is 0 Å². The van der Waals surface area contributed by atoms with Gasteiger partial charge in [-0.05, 0) is 19.4 Å². The van der Waals surface area contributed by atoms with E-state index in [2.05, 4.69) is 4.98 Å². The van der Waals surface area contributed by atoms with Gasteiger partial charge < -0.3 is 9.88 Å². The molecule has 1 saturated heterocycles. The maximum Gasteiger partial charge on any atom is 0.270 e. The Bertz CT molecular complexity index is 591. The fourth-order valence-corrected chi connectivity index (χ4v) is 4.08. The Morgan fingerprint density at radius 1 is 1.58 bits per heavy atom. The summed E-state index contributed by atoms with van der Waals surface area (Å²) in [4.78, 5) is 27.2. The summed E-state index contributed by atoms with van der Waals surface area (Å²) in [6.45, 7) is 2.25. The molecule has 0 aromatic carbocycles. The van der Waals surface area contributed by atoms with Gasteiger partial charge in [0.15, 0.2) is 16.1 Å². The summed E-state index contributed by atoms with van der Waals surface area (Å²) in [7, 11) is -3.03. The van der Waals surface area contributed by atoms with Crippen molar-refractivity contribution in [2.24, 2.45) is 0 Å². The summed E-state index contributed by atoms with van der Waals surface area (Å²) < 4.78 is 23.0. The molecular formula is C12H16N2O4S. The average molecular weight is 284 g/mol. The molecule has 0 spiro atoms. The zero-order chi connectivity index (χ0) is 14.0. The second kappa shape index (κ2) is 5.16. The molecule has 1 aliphatic rings. The van der Waals surface area contributed by atoms with Gasteiger partial charge in [-0.1, -0.05) is 0 Å². The molecule has 0 aliphatic carbocycles. The van der Waals surface area contributed by atoms with Crippen molar-refractivity contribution in [1.82, 2.24) is 9.88 Å². The van der Waals surface area contributed by atoms with Crippen molar-refractivity contribution in [2.45, 2.75) is 19.4 Å². The normalized spacial score (nSPS) is 21.2. The molecule has 0 radical (unpaired) electrons. The maximum atomic E-state index is 12.3. The van der Waals surface area contributed by atoms with Gasteiger partial charge in [0.05, 0.1) is 11.5 Å². The summed E-state index contributed by atoms with van der Waals surface area (Å²) in [6.07, 6.45) is 2.59. The van der Waals surface area contributed by atoms with Crippen LogP contribution in [0.25, 0.3) is 0 Å². The molecule has 0 saturated carbocycles. The van der Waals surface area contributed by atoms with E-state index >= 15 is 0 Å². The van der Waals surface area contributed by atoms with E-state index in [9.17, 15) is 18.0 Å². The van der Waals surface area contributed by atoms with Crippen LogP contribution in [0, 0.1) is 0 Å².